The number of rotatable bonds is 4. The summed E-state index contributed by atoms with van der Waals surface area (Å²) in [6, 6.07) is 20.4. The standard InChI is InChI=1S/C25H19IN4OS/c1-16-12-19(17(2)30(16)21-10-8-20(26)9-11-21)13-28-29-15-27-24-23(25(29)31)22(14-32-24)18-6-4-3-5-7-18/h3-15H,1-2H3/b28-13-. The lowest BCUT2D eigenvalue weighted by Gasteiger charge is -2.09. The quantitative estimate of drug-likeness (QED) is 0.203. The number of benzene rings is 2. The summed E-state index contributed by atoms with van der Waals surface area (Å²) < 4.78 is 4.70. The molecular formula is C25H19IN4OS. The van der Waals surface area contributed by atoms with E-state index in [1.54, 1.807) is 6.21 Å². The van der Waals surface area contributed by atoms with Gasteiger partial charge in [0.2, 0.25) is 0 Å². The average Bonchev–Trinajstić information content (AvgIpc) is 3.36. The molecule has 0 aliphatic carbocycles. The number of halogens is 1. The zero-order chi connectivity index (χ0) is 22.2. The predicted octanol–water partition coefficient (Wildman–Crippen LogP) is 6.02. The van der Waals surface area contributed by atoms with Gasteiger partial charge in [-0.2, -0.15) is 9.78 Å². The van der Waals surface area contributed by atoms with E-state index in [2.05, 4.69) is 81.4 Å². The summed E-state index contributed by atoms with van der Waals surface area (Å²) in [6.07, 6.45) is 3.22. The zero-order valence-electron chi connectivity index (χ0n) is 17.5. The molecule has 0 saturated heterocycles. The van der Waals surface area contributed by atoms with Crippen LogP contribution in [0.25, 0.3) is 27.0 Å². The first kappa shape index (κ1) is 20.8. The zero-order valence-corrected chi connectivity index (χ0v) is 20.5. The highest BCUT2D eigenvalue weighted by Gasteiger charge is 2.13. The minimum atomic E-state index is -0.169. The van der Waals surface area contributed by atoms with Gasteiger partial charge in [-0.25, -0.2) is 4.98 Å². The van der Waals surface area contributed by atoms with E-state index in [-0.39, 0.29) is 5.56 Å². The Morgan fingerprint density at radius 2 is 1.81 bits per heavy atom. The van der Waals surface area contributed by atoms with Crippen LogP contribution in [0.15, 0.2) is 82.3 Å². The van der Waals surface area contributed by atoms with Gasteiger partial charge in [0.05, 0.1) is 11.6 Å². The van der Waals surface area contributed by atoms with Gasteiger partial charge in [-0.05, 0) is 72.3 Å². The Kier molecular flexibility index (Phi) is 5.52. The molecule has 3 heterocycles. The maximum Gasteiger partial charge on any atom is 0.283 e. The van der Waals surface area contributed by atoms with Crippen molar-refractivity contribution in [3.05, 3.63) is 103 Å². The van der Waals surface area contributed by atoms with Crippen LogP contribution in [0.4, 0.5) is 0 Å². The fourth-order valence-electron chi connectivity index (χ4n) is 3.87. The largest absolute Gasteiger partial charge is 0.318 e. The van der Waals surface area contributed by atoms with Crippen LogP contribution in [0, 0.1) is 17.4 Å². The van der Waals surface area contributed by atoms with Gasteiger partial charge >= 0.3 is 0 Å². The van der Waals surface area contributed by atoms with E-state index in [0.717, 1.165) is 38.6 Å². The molecule has 0 aliphatic rings. The van der Waals surface area contributed by atoms with Gasteiger partial charge in [-0.3, -0.25) is 4.79 Å². The maximum absolute atomic E-state index is 13.2. The van der Waals surface area contributed by atoms with E-state index in [0.29, 0.717) is 5.39 Å². The molecule has 2 aromatic carbocycles. The molecule has 5 rings (SSSR count). The topological polar surface area (TPSA) is 52.2 Å². The van der Waals surface area contributed by atoms with Crippen molar-refractivity contribution in [3.8, 4) is 16.8 Å². The summed E-state index contributed by atoms with van der Waals surface area (Å²) in [5.74, 6) is 0. The van der Waals surface area contributed by atoms with Gasteiger partial charge in [0.15, 0.2) is 0 Å². The summed E-state index contributed by atoms with van der Waals surface area (Å²) in [5.41, 5.74) is 5.96. The van der Waals surface area contributed by atoms with Crippen molar-refractivity contribution in [3.63, 3.8) is 0 Å². The SMILES string of the molecule is Cc1cc(/C=N\n2cnc3scc(-c4ccccc4)c3c2=O)c(C)n1-c1ccc(I)cc1. The Labute approximate surface area is 202 Å². The highest BCUT2D eigenvalue weighted by molar-refractivity contribution is 14.1. The van der Waals surface area contributed by atoms with Gasteiger partial charge in [0.1, 0.15) is 11.2 Å². The van der Waals surface area contributed by atoms with Crippen molar-refractivity contribution in [2.45, 2.75) is 13.8 Å². The lowest BCUT2D eigenvalue weighted by molar-refractivity contribution is 0.818. The minimum Gasteiger partial charge on any atom is -0.318 e. The third-order valence-electron chi connectivity index (χ3n) is 5.44. The normalized spacial score (nSPS) is 11.6. The number of hydrogen-bond donors (Lipinski definition) is 0. The average molecular weight is 550 g/mol. The molecule has 0 unspecified atom stereocenters. The van der Waals surface area contributed by atoms with Crippen molar-refractivity contribution in [1.29, 1.82) is 0 Å². The molecule has 0 spiro atoms. The van der Waals surface area contributed by atoms with Crippen molar-refractivity contribution in [2.24, 2.45) is 5.10 Å². The molecule has 0 atom stereocenters. The van der Waals surface area contributed by atoms with Crippen LogP contribution >= 0.6 is 33.9 Å². The summed E-state index contributed by atoms with van der Waals surface area (Å²) in [6.45, 7) is 4.13. The molecule has 0 bridgehead atoms. The lowest BCUT2D eigenvalue weighted by Crippen LogP contribution is -2.16. The molecule has 5 aromatic rings. The number of aromatic nitrogens is 3. The molecule has 158 valence electrons. The van der Waals surface area contributed by atoms with Crippen LogP contribution in [0.5, 0.6) is 0 Å². The van der Waals surface area contributed by atoms with Crippen molar-refractivity contribution < 1.29 is 0 Å². The second kappa shape index (κ2) is 8.48. The first-order valence-electron chi connectivity index (χ1n) is 10.1. The fourth-order valence-corrected chi connectivity index (χ4v) is 5.13. The highest BCUT2D eigenvalue weighted by atomic mass is 127. The monoisotopic (exact) mass is 550 g/mol. The Hall–Kier alpha value is -3.04. The Morgan fingerprint density at radius 1 is 1.06 bits per heavy atom. The Balaban J connectivity index is 1.55. The molecule has 7 heteroatoms. The third kappa shape index (κ3) is 3.71. The van der Waals surface area contributed by atoms with Gasteiger partial charge in [-0.1, -0.05) is 30.3 Å². The lowest BCUT2D eigenvalue weighted by atomic mass is 10.1. The molecule has 32 heavy (non-hydrogen) atoms. The van der Waals surface area contributed by atoms with Crippen LogP contribution in [0.1, 0.15) is 17.0 Å². The third-order valence-corrected chi connectivity index (χ3v) is 7.04. The van der Waals surface area contributed by atoms with Crippen LogP contribution in [0.2, 0.25) is 0 Å². The molecular weight excluding hydrogens is 531 g/mol. The maximum atomic E-state index is 13.2. The summed E-state index contributed by atoms with van der Waals surface area (Å²) in [5, 5.41) is 7.06. The molecule has 0 saturated carbocycles. The first-order chi connectivity index (χ1) is 15.5. The van der Waals surface area contributed by atoms with Crippen LogP contribution < -0.4 is 5.56 Å². The van der Waals surface area contributed by atoms with Crippen molar-refractivity contribution >= 4 is 50.4 Å². The van der Waals surface area contributed by atoms with E-state index in [9.17, 15) is 4.79 Å². The van der Waals surface area contributed by atoms with Crippen LogP contribution in [0.3, 0.4) is 0 Å². The molecule has 0 aliphatic heterocycles. The van der Waals surface area contributed by atoms with Gasteiger partial charge in [0.25, 0.3) is 5.56 Å². The smallest absolute Gasteiger partial charge is 0.283 e. The van der Waals surface area contributed by atoms with Gasteiger partial charge < -0.3 is 4.57 Å². The summed E-state index contributed by atoms with van der Waals surface area (Å²) in [4.78, 5) is 18.4. The van der Waals surface area contributed by atoms with Crippen molar-refractivity contribution in [2.75, 3.05) is 0 Å². The molecule has 0 radical (unpaired) electrons. The second-order valence-electron chi connectivity index (χ2n) is 7.47. The molecule has 5 nitrogen and oxygen atoms in total. The Bertz CT molecular complexity index is 1510. The number of hydrogen-bond acceptors (Lipinski definition) is 4. The second-order valence-corrected chi connectivity index (χ2v) is 9.58. The van der Waals surface area contributed by atoms with Gasteiger partial charge in [-0.15, -0.1) is 11.3 Å². The van der Waals surface area contributed by atoms with E-state index < -0.39 is 0 Å². The van der Waals surface area contributed by atoms with E-state index in [4.69, 9.17) is 0 Å². The van der Waals surface area contributed by atoms with Crippen LogP contribution in [-0.4, -0.2) is 20.4 Å². The van der Waals surface area contributed by atoms with E-state index >= 15 is 0 Å². The van der Waals surface area contributed by atoms with Crippen LogP contribution in [-0.2, 0) is 0 Å². The Morgan fingerprint density at radius 3 is 2.56 bits per heavy atom. The molecule has 0 fully saturated rings. The fraction of sp³-hybridized carbons (Fsp3) is 0.0800. The highest BCUT2D eigenvalue weighted by Crippen LogP contribution is 2.30. The first-order valence-corrected chi connectivity index (χ1v) is 12.0. The number of thiophene rings is 1. The van der Waals surface area contributed by atoms with E-state index in [1.165, 1.54) is 25.9 Å². The summed E-state index contributed by atoms with van der Waals surface area (Å²) >= 11 is 3.78. The number of fused-ring (bicyclic) bond motifs is 1. The minimum absolute atomic E-state index is 0.169. The number of aryl methyl sites for hydroxylation is 1. The molecule has 0 amide bonds. The van der Waals surface area contributed by atoms with Gasteiger partial charge in [0, 0.05) is 37.2 Å². The summed E-state index contributed by atoms with van der Waals surface area (Å²) in [7, 11) is 0. The molecule has 0 N–H and O–H groups in total. The van der Waals surface area contributed by atoms with Crippen molar-refractivity contribution in [1.82, 2.24) is 14.2 Å². The number of nitrogens with zero attached hydrogens (tertiary/aromatic N) is 4. The predicted molar refractivity (Wildman–Crippen MR) is 140 cm³/mol. The molecule has 3 aromatic heterocycles. The van der Waals surface area contributed by atoms with E-state index in [1.807, 2.05) is 35.7 Å².